The van der Waals surface area contributed by atoms with Crippen LogP contribution in [0.1, 0.15) is 19.3 Å². The van der Waals surface area contributed by atoms with E-state index in [2.05, 4.69) is 12.2 Å². The molecule has 0 spiro atoms. The highest BCUT2D eigenvalue weighted by molar-refractivity contribution is 14.1. The topological polar surface area (TPSA) is 17.1 Å². The lowest BCUT2D eigenvalue weighted by atomic mass is 9.96. The molecule has 0 saturated carbocycles. The molecule has 0 unspecified atom stereocenters. The Morgan fingerprint density at radius 2 is 2.33 bits per heavy atom. The standard InChI is InChI=1S/C7H9IO/c8-7(9)6-4-2-1-3-5-6/h1-2,6H,3-5H2/t6-/m1/s1. The van der Waals surface area contributed by atoms with Crippen LogP contribution in [0.3, 0.4) is 0 Å². The third kappa shape index (κ3) is 2.08. The summed E-state index contributed by atoms with van der Waals surface area (Å²) >= 11 is 1.89. The van der Waals surface area contributed by atoms with E-state index in [-0.39, 0.29) is 0 Å². The van der Waals surface area contributed by atoms with Gasteiger partial charge in [-0.05, 0) is 41.9 Å². The molecule has 0 bridgehead atoms. The van der Waals surface area contributed by atoms with E-state index in [0.29, 0.717) is 9.71 Å². The molecule has 0 amide bonds. The van der Waals surface area contributed by atoms with Gasteiger partial charge < -0.3 is 0 Å². The van der Waals surface area contributed by atoms with E-state index in [1.807, 2.05) is 22.6 Å². The summed E-state index contributed by atoms with van der Waals surface area (Å²) in [5.41, 5.74) is 0. The number of hydrogen-bond donors (Lipinski definition) is 0. The van der Waals surface area contributed by atoms with E-state index in [1.165, 1.54) is 0 Å². The lowest BCUT2D eigenvalue weighted by Crippen LogP contribution is -2.08. The van der Waals surface area contributed by atoms with E-state index in [1.54, 1.807) is 0 Å². The number of allylic oxidation sites excluding steroid dienone is 2. The van der Waals surface area contributed by atoms with Crippen LogP contribution >= 0.6 is 22.6 Å². The molecular weight excluding hydrogens is 227 g/mol. The van der Waals surface area contributed by atoms with Crippen molar-refractivity contribution in [2.45, 2.75) is 19.3 Å². The number of carbonyl (C=O) groups excluding carboxylic acids is 1. The Labute approximate surface area is 68.7 Å². The van der Waals surface area contributed by atoms with E-state index >= 15 is 0 Å². The molecule has 0 radical (unpaired) electrons. The smallest absolute Gasteiger partial charge is 0.195 e. The van der Waals surface area contributed by atoms with Gasteiger partial charge in [-0.25, -0.2) is 0 Å². The molecule has 0 N–H and O–H groups in total. The molecule has 0 aromatic rings. The molecule has 0 aromatic heterocycles. The first-order chi connectivity index (χ1) is 4.30. The Hall–Kier alpha value is 0.140. The van der Waals surface area contributed by atoms with Crippen LogP contribution in [-0.2, 0) is 4.79 Å². The van der Waals surface area contributed by atoms with Crippen molar-refractivity contribution < 1.29 is 4.79 Å². The van der Waals surface area contributed by atoms with Crippen LogP contribution < -0.4 is 0 Å². The molecule has 0 heterocycles. The predicted octanol–water partition coefficient (Wildman–Crippen LogP) is 2.30. The molecule has 9 heavy (non-hydrogen) atoms. The third-order valence-electron chi connectivity index (χ3n) is 1.59. The van der Waals surface area contributed by atoms with Crippen molar-refractivity contribution in [3.05, 3.63) is 12.2 Å². The first kappa shape index (κ1) is 7.25. The summed E-state index contributed by atoms with van der Waals surface area (Å²) in [5, 5.41) is 0. The quantitative estimate of drug-likeness (QED) is 0.388. The lowest BCUT2D eigenvalue weighted by Gasteiger charge is -2.11. The minimum atomic E-state index is 0.315. The normalized spacial score (nSPS) is 26.1. The van der Waals surface area contributed by atoms with Crippen molar-refractivity contribution >= 4 is 26.4 Å². The number of carbonyl (C=O) groups is 1. The van der Waals surface area contributed by atoms with Gasteiger partial charge in [-0.3, -0.25) is 4.79 Å². The van der Waals surface area contributed by atoms with Gasteiger partial charge in [-0.1, -0.05) is 12.2 Å². The minimum absolute atomic E-state index is 0.315. The van der Waals surface area contributed by atoms with Crippen molar-refractivity contribution in [2.24, 2.45) is 5.92 Å². The number of rotatable bonds is 1. The fraction of sp³-hybridized carbons (Fsp3) is 0.571. The summed E-state index contributed by atoms with van der Waals surface area (Å²) in [5.74, 6) is 0.315. The van der Waals surface area contributed by atoms with Gasteiger partial charge in [0.25, 0.3) is 0 Å². The molecule has 1 nitrogen and oxygen atoms in total. The van der Waals surface area contributed by atoms with Crippen molar-refractivity contribution in [1.29, 1.82) is 0 Å². The van der Waals surface area contributed by atoms with Gasteiger partial charge in [0.15, 0.2) is 3.79 Å². The molecular formula is C7H9IO. The van der Waals surface area contributed by atoms with E-state index in [9.17, 15) is 4.79 Å². The molecule has 0 aliphatic heterocycles. The molecule has 0 fully saturated rings. The van der Waals surface area contributed by atoms with Crippen LogP contribution in [-0.4, -0.2) is 3.79 Å². The second-order valence-corrected chi connectivity index (χ2v) is 3.35. The minimum Gasteiger partial charge on any atom is -0.287 e. The predicted molar refractivity (Wildman–Crippen MR) is 45.5 cm³/mol. The second kappa shape index (κ2) is 3.34. The maximum Gasteiger partial charge on any atom is 0.195 e. The maximum absolute atomic E-state index is 10.8. The Morgan fingerprint density at radius 3 is 2.67 bits per heavy atom. The zero-order valence-electron chi connectivity index (χ0n) is 5.14. The maximum atomic E-state index is 10.8. The Morgan fingerprint density at radius 1 is 1.56 bits per heavy atom. The highest BCUT2D eigenvalue weighted by Gasteiger charge is 2.14. The fourth-order valence-electron chi connectivity index (χ4n) is 1.000. The molecule has 50 valence electrons. The summed E-state index contributed by atoms with van der Waals surface area (Å²) < 4.78 is 0.317. The highest BCUT2D eigenvalue weighted by Crippen LogP contribution is 2.20. The van der Waals surface area contributed by atoms with E-state index < -0.39 is 0 Å². The van der Waals surface area contributed by atoms with Gasteiger partial charge in [0.05, 0.1) is 0 Å². The molecule has 0 saturated heterocycles. The zero-order valence-corrected chi connectivity index (χ0v) is 7.30. The monoisotopic (exact) mass is 236 g/mol. The average molecular weight is 236 g/mol. The van der Waals surface area contributed by atoms with E-state index in [0.717, 1.165) is 19.3 Å². The summed E-state index contributed by atoms with van der Waals surface area (Å²) in [7, 11) is 0. The van der Waals surface area contributed by atoms with Crippen molar-refractivity contribution in [2.75, 3.05) is 0 Å². The van der Waals surface area contributed by atoms with Crippen LogP contribution in [0.5, 0.6) is 0 Å². The van der Waals surface area contributed by atoms with Crippen LogP contribution in [0.2, 0.25) is 0 Å². The lowest BCUT2D eigenvalue weighted by molar-refractivity contribution is -0.112. The van der Waals surface area contributed by atoms with Gasteiger partial charge in [0, 0.05) is 5.92 Å². The van der Waals surface area contributed by atoms with E-state index in [4.69, 9.17) is 0 Å². The molecule has 2 heteroatoms. The molecule has 1 atom stereocenters. The van der Waals surface area contributed by atoms with Gasteiger partial charge in [0.2, 0.25) is 0 Å². The number of halogens is 1. The van der Waals surface area contributed by atoms with Crippen molar-refractivity contribution in [3.63, 3.8) is 0 Å². The second-order valence-electron chi connectivity index (χ2n) is 2.29. The molecule has 1 aliphatic rings. The first-order valence-electron chi connectivity index (χ1n) is 3.15. The van der Waals surface area contributed by atoms with Gasteiger partial charge >= 0.3 is 0 Å². The summed E-state index contributed by atoms with van der Waals surface area (Å²) in [6.45, 7) is 0. The Kier molecular flexibility index (Phi) is 2.69. The van der Waals surface area contributed by atoms with Crippen molar-refractivity contribution in [1.82, 2.24) is 0 Å². The SMILES string of the molecule is O=C(I)[C@@H]1CC=CCC1. The van der Waals surface area contributed by atoms with Crippen LogP contribution in [0.4, 0.5) is 0 Å². The first-order valence-corrected chi connectivity index (χ1v) is 4.23. The van der Waals surface area contributed by atoms with Crippen LogP contribution in [0, 0.1) is 5.92 Å². The molecule has 1 rings (SSSR count). The zero-order chi connectivity index (χ0) is 6.69. The van der Waals surface area contributed by atoms with Crippen molar-refractivity contribution in [3.8, 4) is 0 Å². The average Bonchev–Trinajstić information content (AvgIpc) is 1.90. The molecule has 0 aromatic carbocycles. The van der Waals surface area contributed by atoms with Gasteiger partial charge in [-0.15, -0.1) is 0 Å². The Balaban J connectivity index is 2.44. The largest absolute Gasteiger partial charge is 0.287 e. The Bertz CT molecular complexity index is 140. The van der Waals surface area contributed by atoms with Gasteiger partial charge in [-0.2, -0.15) is 0 Å². The summed E-state index contributed by atoms with van der Waals surface area (Å²) in [6, 6.07) is 0. The van der Waals surface area contributed by atoms with Crippen LogP contribution in [0.25, 0.3) is 0 Å². The molecule has 1 aliphatic carbocycles. The summed E-state index contributed by atoms with van der Waals surface area (Å²) in [6.07, 6.45) is 7.35. The van der Waals surface area contributed by atoms with Crippen LogP contribution in [0.15, 0.2) is 12.2 Å². The van der Waals surface area contributed by atoms with Gasteiger partial charge in [0.1, 0.15) is 0 Å². The number of hydrogen-bond acceptors (Lipinski definition) is 1. The summed E-state index contributed by atoms with van der Waals surface area (Å²) in [4.78, 5) is 10.8. The fourth-order valence-corrected chi connectivity index (χ4v) is 1.57. The highest BCUT2D eigenvalue weighted by atomic mass is 127. The third-order valence-corrected chi connectivity index (χ3v) is 2.47.